The summed E-state index contributed by atoms with van der Waals surface area (Å²) in [6, 6.07) is 0. The van der Waals surface area contributed by atoms with Gasteiger partial charge in [-0.05, 0) is 11.8 Å². The Morgan fingerprint density at radius 1 is 1.25 bits per heavy atom. The van der Waals surface area contributed by atoms with Crippen LogP contribution in [0.15, 0.2) is 0 Å². The fraction of sp³-hybridized carbons (Fsp3) is 0.909. The van der Waals surface area contributed by atoms with Crippen LogP contribution in [0, 0.1) is 5.41 Å². The van der Waals surface area contributed by atoms with Crippen LogP contribution >= 0.6 is 0 Å². The first kappa shape index (κ1) is 14.2. The van der Waals surface area contributed by atoms with Crippen molar-refractivity contribution in [3.05, 3.63) is 0 Å². The van der Waals surface area contributed by atoms with Gasteiger partial charge in [-0.3, -0.25) is 4.79 Å². The molecule has 0 aliphatic heterocycles. The number of hydrogen-bond donors (Lipinski definition) is 0. The fourth-order valence-corrected chi connectivity index (χ4v) is 1.03. The van der Waals surface area contributed by atoms with Crippen molar-refractivity contribution >= 4 is 5.78 Å². The zero-order valence-electron chi connectivity index (χ0n) is 8.24. The summed E-state index contributed by atoms with van der Waals surface area (Å²) in [5.74, 6) is 0.416. The van der Waals surface area contributed by atoms with E-state index < -0.39 is 0 Å². The van der Waals surface area contributed by atoms with E-state index in [1.54, 1.807) is 0 Å². The highest BCUT2D eigenvalue weighted by molar-refractivity contribution is 5.78. The van der Waals surface area contributed by atoms with Gasteiger partial charge in [-0.25, -0.2) is 0 Å². The molecule has 0 fully saturated rings. The highest BCUT2D eigenvalue weighted by atomic mass is 16.1. The van der Waals surface area contributed by atoms with E-state index in [1.165, 1.54) is 0 Å². The third-order valence-corrected chi connectivity index (χ3v) is 2.16. The maximum absolute atomic E-state index is 11.2. The number of ketones is 1. The molecule has 74 valence electrons. The first-order valence-electron chi connectivity index (χ1n) is 4.53. The smallest absolute Gasteiger partial charge is 0.133 e. The van der Waals surface area contributed by atoms with Gasteiger partial charge in [0.15, 0.2) is 0 Å². The summed E-state index contributed by atoms with van der Waals surface area (Å²) in [7, 11) is 0. The third-order valence-electron chi connectivity index (χ3n) is 2.16. The zero-order chi connectivity index (χ0) is 8.91. The lowest BCUT2D eigenvalue weighted by Crippen LogP contribution is -2.15. The van der Waals surface area contributed by atoms with Crippen molar-refractivity contribution in [1.29, 1.82) is 0 Å². The summed E-state index contributed by atoms with van der Waals surface area (Å²) in [6.07, 6.45) is 3.57. The monoisotopic (exact) mass is 172 g/mol. The van der Waals surface area contributed by atoms with Crippen LogP contribution in [0.25, 0.3) is 0 Å². The lowest BCUT2D eigenvalue weighted by atomic mass is 9.84. The van der Waals surface area contributed by atoms with Gasteiger partial charge in [0.05, 0.1) is 0 Å². The Morgan fingerprint density at radius 3 is 2.08 bits per heavy atom. The lowest BCUT2D eigenvalue weighted by molar-refractivity contribution is -0.121. The highest BCUT2D eigenvalue weighted by Crippen LogP contribution is 2.25. The molecule has 0 aromatic heterocycles. The van der Waals surface area contributed by atoms with E-state index in [9.17, 15) is 4.79 Å². The molecule has 0 saturated carbocycles. The van der Waals surface area contributed by atoms with Gasteiger partial charge in [0.2, 0.25) is 0 Å². The molecule has 0 amide bonds. The zero-order valence-corrected chi connectivity index (χ0v) is 8.24. The van der Waals surface area contributed by atoms with Gasteiger partial charge < -0.3 is 0 Å². The SMILES string of the molecule is C.CCCC(=O)CC(C)(C)CC. The minimum Gasteiger partial charge on any atom is -0.300 e. The van der Waals surface area contributed by atoms with Crippen molar-refractivity contribution in [3.63, 3.8) is 0 Å². The Bertz CT molecular complexity index is 125. The first-order chi connectivity index (χ1) is 5.02. The van der Waals surface area contributed by atoms with E-state index >= 15 is 0 Å². The van der Waals surface area contributed by atoms with Crippen molar-refractivity contribution in [2.75, 3.05) is 0 Å². The minimum absolute atomic E-state index is 0. The largest absolute Gasteiger partial charge is 0.300 e. The Labute approximate surface area is 77.6 Å². The van der Waals surface area contributed by atoms with Crippen molar-refractivity contribution < 1.29 is 4.79 Å². The van der Waals surface area contributed by atoms with Crippen LogP contribution in [0.3, 0.4) is 0 Å². The second-order valence-corrected chi connectivity index (χ2v) is 3.98. The standard InChI is InChI=1S/C10H20O.CH4/c1-5-7-9(11)8-10(3,4)6-2;/h5-8H2,1-4H3;1H4. The Hall–Kier alpha value is -0.330. The van der Waals surface area contributed by atoms with Crippen molar-refractivity contribution in [1.82, 2.24) is 0 Å². The molecule has 0 N–H and O–H groups in total. The Morgan fingerprint density at radius 2 is 1.75 bits per heavy atom. The summed E-state index contributed by atoms with van der Waals surface area (Å²) >= 11 is 0. The average Bonchev–Trinajstić information content (AvgIpc) is 1.87. The molecule has 0 heterocycles. The molecule has 0 radical (unpaired) electrons. The van der Waals surface area contributed by atoms with Crippen LogP contribution in [0.5, 0.6) is 0 Å². The molecule has 0 saturated heterocycles. The van der Waals surface area contributed by atoms with E-state index in [4.69, 9.17) is 0 Å². The topological polar surface area (TPSA) is 17.1 Å². The molecular weight excluding hydrogens is 148 g/mol. The summed E-state index contributed by atoms with van der Waals surface area (Å²) in [4.78, 5) is 11.2. The van der Waals surface area contributed by atoms with Crippen LogP contribution in [0.2, 0.25) is 0 Å². The van der Waals surface area contributed by atoms with Crippen molar-refractivity contribution in [3.8, 4) is 0 Å². The summed E-state index contributed by atoms with van der Waals surface area (Å²) < 4.78 is 0. The first-order valence-corrected chi connectivity index (χ1v) is 4.53. The van der Waals surface area contributed by atoms with Crippen LogP contribution in [0.4, 0.5) is 0 Å². The average molecular weight is 172 g/mol. The fourth-order valence-electron chi connectivity index (χ4n) is 1.03. The van der Waals surface area contributed by atoms with Crippen LogP contribution in [-0.2, 0) is 4.79 Å². The minimum atomic E-state index is 0. The highest BCUT2D eigenvalue weighted by Gasteiger charge is 2.18. The molecule has 0 bridgehead atoms. The van der Waals surface area contributed by atoms with Gasteiger partial charge in [0, 0.05) is 12.8 Å². The number of carbonyl (C=O) groups excluding carboxylic acids is 1. The Balaban J connectivity index is 0. The van der Waals surface area contributed by atoms with E-state index in [0.717, 1.165) is 25.7 Å². The van der Waals surface area contributed by atoms with E-state index in [0.29, 0.717) is 5.78 Å². The summed E-state index contributed by atoms with van der Waals surface area (Å²) in [5.41, 5.74) is 0.215. The molecule has 0 aliphatic rings. The molecular formula is C11H24O. The normalized spacial score (nSPS) is 10.7. The number of Topliss-reactive ketones (excluding diaryl/α,β-unsaturated/α-hetero) is 1. The number of carbonyl (C=O) groups is 1. The summed E-state index contributed by atoms with van der Waals surface area (Å²) in [6.45, 7) is 8.50. The second kappa shape index (κ2) is 6.22. The van der Waals surface area contributed by atoms with Gasteiger partial charge in [0.25, 0.3) is 0 Å². The van der Waals surface area contributed by atoms with Gasteiger partial charge >= 0.3 is 0 Å². The second-order valence-electron chi connectivity index (χ2n) is 3.98. The van der Waals surface area contributed by atoms with Crippen molar-refractivity contribution in [2.24, 2.45) is 5.41 Å². The molecule has 0 aromatic rings. The predicted molar refractivity (Wildman–Crippen MR) is 55.3 cm³/mol. The molecule has 0 aromatic carbocycles. The maximum Gasteiger partial charge on any atom is 0.133 e. The van der Waals surface area contributed by atoms with Crippen LogP contribution in [0.1, 0.15) is 60.8 Å². The van der Waals surface area contributed by atoms with E-state index in [-0.39, 0.29) is 12.8 Å². The van der Waals surface area contributed by atoms with Crippen LogP contribution in [-0.4, -0.2) is 5.78 Å². The number of rotatable bonds is 5. The molecule has 0 aliphatic carbocycles. The molecule has 0 atom stereocenters. The van der Waals surface area contributed by atoms with Gasteiger partial charge in [-0.1, -0.05) is 41.5 Å². The van der Waals surface area contributed by atoms with E-state index in [1.807, 2.05) is 0 Å². The lowest BCUT2D eigenvalue weighted by Gasteiger charge is -2.20. The third kappa shape index (κ3) is 6.38. The maximum atomic E-state index is 11.2. The molecule has 1 nitrogen and oxygen atoms in total. The molecule has 1 heteroatoms. The Kier molecular flexibility index (Phi) is 7.36. The summed E-state index contributed by atoms with van der Waals surface area (Å²) in [5, 5.41) is 0. The van der Waals surface area contributed by atoms with Crippen LogP contribution < -0.4 is 0 Å². The quantitative estimate of drug-likeness (QED) is 0.616. The predicted octanol–water partition coefficient (Wildman–Crippen LogP) is 3.82. The molecule has 0 spiro atoms. The van der Waals surface area contributed by atoms with E-state index in [2.05, 4.69) is 27.7 Å². The van der Waals surface area contributed by atoms with Gasteiger partial charge in [0.1, 0.15) is 5.78 Å². The van der Waals surface area contributed by atoms with Gasteiger partial charge in [-0.15, -0.1) is 0 Å². The molecule has 0 rings (SSSR count). The van der Waals surface area contributed by atoms with Gasteiger partial charge in [-0.2, -0.15) is 0 Å². The number of hydrogen-bond acceptors (Lipinski definition) is 1. The molecule has 0 unspecified atom stereocenters. The molecule has 12 heavy (non-hydrogen) atoms. The van der Waals surface area contributed by atoms with Crippen molar-refractivity contribution in [2.45, 2.75) is 60.8 Å².